The second-order valence-electron chi connectivity index (χ2n) is 12.5. The highest BCUT2D eigenvalue weighted by molar-refractivity contribution is 5.92. The molecule has 14 heteroatoms. The maximum absolute atomic E-state index is 16.8. The van der Waals surface area contributed by atoms with E-state index in [-0.39, 0.29) is 65.7 Å². The zero-order valence-electron chi connectivity index (χ0n) is 26.6. The molecule has 1 amide bonds. The molecular weight excluding hydrogens is 624 g/mol. The summed E-state index contributed by atoms with van der Waals surface area (Å²) >= 11 is 0. The number of carbonyl (C=O) groups is 1. The van der Waals surface area contributed by atoms with Crippen LogP contribution in [0.3, 0.4) is 0 Å². The Hall–Kier alpha value is -4.58. The first-order valence-corrected chi connectivity index (χ1v) is 16.1. The summed E-state index contributed by atoms with van der Waals surface area (Å²) < 4.78 is 54.9. The highest BCUT2D eigenvalue weighted by Crippen LogP contribution is 2.47. The molecule has 3 fully saturated rings. The average molecular weight is 662 g/mol. The number of hydrogen-bond donors (Lipinski definition) is 1. The van der Waals surface area contributed by atoms with Crippen molar-refractivity contribution in [3.8, 4) is 24.1 Å². The maximum atomic E-state index is 16.8. The number of morpholine rings is 1. The molecule has 1 atom stereocenters. The minimum Gasteiger partial charge on any atom is -0.489 e. The van der Waals surface area contributed by atoms with E-state index in [1.807, 2.05) is 4.90 Å². The third-order valence-electron chi connectivity index (χ3n) is 9.18. The SMILES string of the molecule is C#Cc1c(F)ccc2c1N(c1ncc3c(N4CCOC[C@@H](NC(=O)C=C)C4)nc(OCC4(CN5CCOCC5)CC4)nc3c1F)CCO2. The molecule has 0 spiro atoms. The van der Waals surface area contributed by atoms with Crippen molar-refractivity contribution in [3.05, 3.63) is 48.2 Å². The van der Waals surface area contributed by atoms with Gasteiger partial charge in [0.05, 0.1) is 56.6 Å². The van der Waals surface area contributed by atoms with Crippen molar-refractivity contribution in [3.63, 3.8) is 0 Å². The van der Waals surface area contributed by atoms with E-state index in [0.29, 0.717) is 56.5 Å². The number of carbonyl (C=O) groups excluding carboxylic acids is 1. The second-order valence-corrected chi connectivity index (χ2v) is 12.5. The zero-order valence-corrected chi connectivity index (χ0v) is 26.6. The van der Waals surface area contributed by atoms with Gasteiger partial charge in [0.25, 0.3) is 0 Å². The van der Waals surface area contributed by atoms with Gasteiger partial charge in [0, 0.05) is 44.3 Å². The number of rotatable bonds is 9. The summed E-state index contributed by atoms with van der Waals surface area (Å²) in [5, 5.41) is 3.23. The Morgan fingerprint density at radius 3 is 2.71 bits per heavy atom. The van der Waals surface area contributed by atoms with E-state index in [1.165, 1.54) is 29.3 Å². The van der Waals surface area contributed by atoms with Gasteiger partial charge in [-0.2, -0.15) is 9.97 Å². The largest absolute Gasteiger partial charge is 0.489 e. The van der Waals surface area contributed by atoms with Crippen LogP contribution in [-0.4, -0.2) is 111 Å². The fraction of sp³-hybridized carbons (Fsp3) is 0.471. The highest BCUT2D eigenvalue weighted by Gasteiger charge is 2.45. The predicted molar refractivity (Wildman–Crippen MR) is 174 cm³/mol. The van der Waals surface area contributed by atoms with Gasteiger partial charge in [0.15, 0.2) is 11.6 Å². The summed E-state index contributed by atoms with van der Waals surface area (Å²) in [6.45, 7) is 9.72. The number of nitrogens with one attached hydrogen (secondary N) is 1. The molecule has 5 heterocycles. The number of nitrogens with zero attached hydrogens (tertiary/aromatic N) is 6. The molecule has 4 aliphatic rings. The number of benzene rings is 1. The van der Waals surface area contributed by atoms with Crippen LogP contribution < -0.4 is 24.6 Å². The lowest BCUT2D eigenvalue weighted by Crippen LogP contribution is -2.44. The van der Waals surface area contributed by atoms with Gasteiger partial charge >= 0.3 is 6.01 Å². The van der Waals surface area contributed by atoms with Gasteiger partial charge in [-0.3, -0.25) is 9.69 Å². The molecule has 0 unspecified atom stereocenters. The molecule has 3 aliphatic heterocycles. The molecule has 252 valence electrons. The monoisotopic (exact) mass is 661 g/mol. The molecular formula is C34H37F2N7O5. The Bertz CT molecular complexity index is 1760. The van der Waals surface area contributed by atoms with Gasteiger partial charge in [-0.05, 0) is 31.1 Å². The van der Waals surface area contributed by atoms with Gasteiger partial charge in [0.1, 0.15) is 35.2 Å². The van der Waals surface area contributed by atoms with E-state index < -0.39 is 11.6 Å². The van der Waals surface area contributed by atoms with Crippen LogP contribution in [0.4, 0.5) is 26.1 Å². The predicted octanol–water partition coefficient (Wildman–Crippen LogP) is 2.81. The van der Waals surface area contributed by atoms with Crippen LogP contribution in [0.15, 0.2) is 31.0 Å². The van der Waals surface area contributed by atoms with E-state index in [0.717, 1.165) is 32.5 Å². The quantitative estimate of drug-likeness (QED) is 0.270. The number of aromatic nitrogens is 3. The molecule has 1 aromatic carbocycles. The molecule has 7 rings (SSSR count). The fourth-order valence-electron chi connectivity index (χ4n) is 6.47. The molecule has 0 bridgehead atoms. The number of amides is 1. The van der Waals surface area contributed by atoms with Gasteiger partial charge in [0.2, 0.25) is 5.91 Å². The molecule has 0 radical (unpaired) electrons. The fourth-order valence-corrected chi connectivity index (χ4v) is 6.47. The van der Waals surface area contributed by atoms with Crippen LogP contribution in [0.1, 0.15) is 18.4 Å². The van der Waals surface area contributed by atoms with Crippen molar-refractivity contribution < 1.29 is 32.5 Å². The number of ether oxygens (including phenoxy) is 4. The van der Waals surface area contributed by atoms with Crippen molar-refractivity contribution >= 4 is 34.1 Å². The molecule has 2 aromatic heterocycles. The molecule has 48 heavy (non-hydrogen) atoms. The Morgan fingerprint density at radius 2 is 1.94 bits per heavy atom. The van der Waals surface area contributed by atoms with Gasteiger partial charge in [-0.15, -0.1) is 6.42 Å². The number of halogens is 2. The molecule has 1 N–H and O–H groups in total. The van der Waals surface area contributed by atoms with Crippen molar-refractivity contribution in [1.29, 1.82) is 0 Å². The van der Waals surface area contributed by atoms with Crippen LogP contribution in [-0.2, 0) is 14.3 Å². The van der Waals surface area contributed by atoms with Crippen molar-refractivity contribution in [2.75, 3.05) is 88.7 Å². The van der Waals surface area contributed by atoms with Crippen LogP contribution in [0.2, 0.25) is 0 Å². The van der Waals surface area contributed by atoms with Crippen LogP contribution in [0, 0.1) is 29.4 Å². The number of anilines is 3. The Morgan fingerprint density at radius 1 is 1.12 bits per heavy atom. The lowest BCUT2D eigenvalue weighted by molar-refractivity contribution is -0.117. The molecule has 1 saturated carbocycles. The second kappa shape index (κ2) is 13.5. The summed E-state index contributed by atoms with van der Waals surface area (Å²) in [6.07, 6.45) is 10.4. The van der Waals surface area contributed by atoms with Crippen LogP contribution in [0.25, 0.3) is 10.9 Å². The number of terminal acetylenes is 1. The Labute approximate surface area is 277 Å². The minimum atomic E-state index is -0.738. The van der Waals surface area contributed by atoms with Crippen molar-refractivity contribution in [2.24, 2.45) is 5.41 Å². The lowest BCUT2D eigenvalue weighted by atomic mass is 10.1. The smallest absolute Gasteiger partial charge is 0.319 e. The van der Waals surface area contributed by atoms with Crippen LogP contribution in [0.5, 0.6) is 11.8 Å². The molecule has 3 aromatic rings. The van der Waals surface area contributed by atoms with E-state index in [2.05, 4.69) is 32.7 Å². The first-order chi connectivity index (χ1) is 23.4. The normalized spacial score (nSPS) is 20.6. The first-order valence-electron chi connectivity index (χ1n) is 16.1. The summed E-state index contributed by atoms with van der Waals surface area (Å²) in [6, 6.07) is 2.34. The minimum absolute atomic E-state index is 0.0124. The molecule has 2 saturated heterocycles. The Balaban J connectivity index is 1.27. The lowest BCUT2D eigenvalue weighted by Gasteiger charge is -2.32. The third kappa shape index (κ3) is 6.45. The van der Waals surface area contributed by atoms with Crippen LogP contribution >= 0.6 is 0 Å². The Kier molecular flexibility index (Phi) is 9.00. The molecule has 1 aliphatic carbocycles. The van der Waals surface area contributed by atoms with Gasteiger partial charge in [-0.1, -0.05) is 12.5 Å². The van der Waals surface area contributed by atoms with E-state index in [1.54, 1.807) is 0 Å². The number of hydrogen-bond acceptors (Lipinski definition) is 11. The van der Waals surface area contributed by atoms with Gasteiger partial charge in [-0.25, -0.2) is 13.8 Å². The average Bonchev–Trinajstić information content (AvgIpc) is 3.91. The molecule has 12 nitrogen and oxygen atoms in total. The maximum Gasteiger partial charge on any atom is 0.319 e. The van der Waals surface area contributed by atoms with E-state index >= 15 is 4.39 Å². The summed E-state index contributed by atoms with van der Waals surface area (Å²) in [4.78, 5) is 31.9. The summed E-state index contributed by atoms with van der Waals surface area (Å²) in [5.74, 6) is 1.33. The van der Waals surface area contributed by atoms with E-state index in [9.17, 15) is 9.18 Å². The highest BCUT2D eigenvalue weighted by atomic mass is 19.1. The standard InChI is InChI=1S/C34H37F2N7O5/c1-3-23-25(35)5-6-26-30(23)43(12-16-47-26)32-28(36)29-24(17-37-32)31(42-11-15-46-19-22(18-42)38-27(44)4-2)40-33(39-29)48-21-34(7-8-34)20-41-9-13-45-14-10-41/h1,4-6,17,22H,2,7-16,18-21H2,(H,38,44)/t22-/m0/s1. The first kappa shape index (κ1) is 32.0. The topological polar surface area (TPSA) is 114 Å². The number of fused-ring (bicyclic) bond motifs is 2. The van der Waals surface area contributed by atoms with Gasteiger partial charge < -0.3 is 34.1 Å². The van der Waals surface area contributed by atoms with Crippen molar-refractivity contribution in [1.82, 2.24) is 25.2 Å². The number of pyridine rings is 1. The third-order valence-corrected chi connectivity index (χ3v) is 9.18. The van der Waals surface area contributed by atoms with E-state index in [4.69, 9.17) is 30.4 Å². The summed E-state index contributed by atoms with van der Waals surface area (Å²) in [5.41, 5.74) is 0.126. The van der Waals surface area contributed by atoms with Crippen molar-refractivity contribution in [2.45, 2.75) is 18.9 Å². The zero-order chi connectivity index (χ0) is 33.3. The summed E-state index contributed by atoms with van der Waals surface area (Å²) in [7, 11) is 0.